The highest BCUT2D eigenvalue weighted by Crippen LogP contribution is 2.32. The average molecular weight is 502 g/mol. The van der Waals surface area contributed by atoms with Gasteiger partial charge in [-0.1, -0.05) is 18.5 Å². The second-order valence-corrected chi connectivity index (χ2v) is 11.4. The SMILES string of the molecule is CC[C@@H]1C[C@@H](Oc2ccc(S(=O)(=O)Nc3cscn3)cc2Cl)CCN1C(=O)OC(C)(C)C. The van der Waals surface area contributed by atoms with Gasteiger partial charge in [-0.2, -0.15) is 0 Å². The van der Waals surface area contributed by atoms with E-state index in [2.05, 4.69) is 9.71 Å². The van der Waals surface area contributed by atoms with Crippen molar-refractivity contribution >= 4 is 44.9 Å². The molecule has 1 amide bonds. The molecule has 1 saturated heterocycles. The fourth-order valence-electron chi connectivity index (χ4n) is 3.45. The van der Waals surface area contributed by atoms with Crippen LogP contribution in [0.25, 0.3) is 0 Å². The van der Waals surface area contributed by atoms with Crippen molar-refractivity contribution in [1.29, 1.82) is 0 Å². The van der Waals surface area contributed by atoms with Gasteiger partial charge in [0.1, 0.15) is 17.5 Å². The van der Waals surface area contributed by atoms with Crippen molar-refractivity contribution in [3.8, 4) is 5.75 Å². The molecule has 2 aromatic rings. The van der Waals surface area contributed by atoms with Crippen LogP contribution in [-0.4, -0.2) is 48.7 Å². The number of rotatable bonds is 6. The van der Waals surface area contributed by atoms with Gasteiger partial charge in [0.25, 0.3) is 10.0 Å². The topological polar surface area (TPSA) is 97.8 Å². The first kappa shape index (κ1) is 24.6. The van der Waals surface area contributed by atoms with E-state index in [0.29, 0.717) is 25.1 Å². The summed E-state index contributed by atoms with van der Waals surface area (Å²) in [7, 11) is -3.80. The molecular formula is C21H28ClN3O5S2. The van der Waals surface area contributed by atoms with Crippen molar-refractivity contribution in [3.63, 3.8) is 0 Å². The summed E-state index contributed by atoms with van der Waals surface area (Å²) in [4.78, 5) is 18.2. The maximum Gasteiger partial charge on any atom is 0.410 e. The summed E-state index contributed by atoms with van der Waals surface area (Å²) in [5, 5.41) is 1.80. The number of sulfonamides is 1. The summed E-state index contributed by atoms with van der Waals surface area (Å²) in [6.07, 6.45) is 1.57. The summed E-state index contributed by atoms with van der Waals surface area (Å²) in [6.45, 7) is 8.08. The molecule has 0 saturated carbocycles. The van der Waals surface area contributed by atoms with E-state index in [1.54, 1.807) is 21.9 Å². The van der Waals surface area contributed by atoms with Crippen LogP contribution in [0.4, 0.5) is 10.6 Å². The van der Waals surface area contributed by atoms with Crippen LogP contribution < -0.4 is 9.46 Å². The molecule has 11 heteroatoms. The van der Waals surface area contributed by atoms with Gasteiger partial charge in [0, 0.05) is 30.8 Å². The largest absolute Gasteiger partial charge is 0.489 e. The van der Waals surface area contributed by atoms with Gasteiger partial charge in [0.15, 0.2) is 5.82 Å². The van der Waals surface area contributed by atoms with E-state index >= 15 is 0 Å². The third-order valence-corrected chi connectivity index (χ3v) is 7.18. The Bertz CT molecular complexity index is 1040. The lowest BCUT2D eigenvalue weighted by Gasteiger charge is -2.39. The molecule has 1 aromatic heterocycles. The molecule has 1 N–H and O–H groups in total. The zero-order chi connectivity index (χ0) is 23.5. The molecule has 1 aromatic carbocycles. The van der Waals surface area contributed by atoms with Crippen LogP contribution in [0, 0.1) is 0 Å². The van der Waals surface area contributed by atoms with E-state index in [4.69, 9.17) is 21.1 Å². The average Bonchev–Trinajstić information content (AvgIpc) is 3.20. The maximum atomic E-state index is 12.5. The summed E-state index contributed by atoms with van der Waals surface area (Å²) in [6, 6.07) is 4.35. The van der Waals surface area contributed by atoms with E-state index in [1.165, 1.54) is 23.5 Å². The minimum atomic E-state index is -3.80. The van der Waals surface area contributed by atoms with Crippen LogP contribution >= 0.6 is 22.9 Å². The number of carbonyl (C=O) groups is 1. The van der Waals surface area contributed by atoms with E-state index < -0.39 is 15.6 Å². The number of halogens is 1. The molecule has 176 valence electrons. The second-order valence-electron chi connectivity index (χ2n) is 8.57. The maximum absolute atomic E-state index is 12.5. The lowest BCUT2D eigenvalue weighted by Crippen LogP contribution is -2.50. The smallest absolute Gasteiger partial charge is 0.410 e. The molecule has 0 unspecified atom stereocenters. The number of likely N-dealkylation sites (tertiary alicyclic amines) is 1. The number of nitrogens with zero attached hydrogens (tertiary/aromatic N) is 2. The standard InChI is InChI=1S/C21H28ClN3O5S2/c1-5-14-10-15(8-9-25(14)20(26)30-21(2,3)4)29-18-7-6-16(11-17(18)22)32(27,28)24-19-12-31-13-23-19/h6-7,11-15,24H,5,8-10H2,1-4H3/t14-,15+/m1/s1. The first-order chi connectivity index (χ1) is 15.0. The molecule has 8 nitrogen and oxygen atoms in total. The number of nitrogens with one attached hydrogen (secondary N) is 1. The summed E-state index contributed by atoms with van der Waals surface area (Å²) in [5.74, 6) is 0.665. The summed E-state index contributed by atoms with van der Waals surface area (Å²) < 4.78 is 39.1. The number of aromatic nitrogens is 1. The lowest BCUT2D eigenvalue weighted by molar-refractivity contribution is -0.00466. The van der Waals surface area contributed by atoms with Crippen LogP contribution in [0.15, 0.2) is 34.0 Å². The quantitative estimate of drug-likeness (QED) is 0.587. The fourth-order valence-corrected chi connectivity index (χ4v) is 5.33. The van der Waals surface area contributed by atoms with E-state index in [1.807, 2.05) is 27.7 Å². The van der Waals surface area contributed by atoms with Crippen molar-refractivity contribution in [3.05, 3.63) is 34.1 Å². The zero-order valence-corrected chi connectivity index (χ0v) is 20.9. The predicted molar refractivity (Wildman–Crippen MR) is 125 cm³/mol. The van der Waals surface area contributed by atoms with Gasteiger partial charge in [0.05, 0.1) is 15.4 Å². The molecule has 3 rings (SSSR count). The summed E-state index contributed by atoms with van der Waals surface area (Å²) in [5.41, 5.74) is 0.992. The number of hydrogen-bond acceptors (Lipinski definition) is 7. The highest BCUT2D eigenvalue weighted by atomic mass is 35.5. The molecule has 1 aliphatic rings. The summed E-state index contributed by atoms with van der Waals surface area (Å²) >= 11 is 7.63. The highest BCUT2D eigenvalue weighted by molar-refractivity contribution is 7.92. The lowest BCUT2D eigenvalue weighted by atomic mass is 9.97. The third-order valence-electron chi connectivity index (χ3n) is 4.95. The minimum absolute atomic E-state index is 0.00987. The molecule has 1 aliphatic heterocycles. The number of benzene rings is 1. The van der Waals surface area contributed by atoms with Crippen LogP contribution in [0.1, 0.15) is 47.0 Å². The normalized spacial score (nSPS) is 19.5. The molecule has 0 radical (unpaired) electrons. The molecule has 0 bridgehead atoms. The van der Waals surface area contributed by atoms with Gasteiger partial charge in [-0.05, 0) is 45.4 Å². The van der Waals surface area contributed by atoms with Gasteiger partial charge in [-0.3, -0.25) is 4.72 Å². The number of thiazole rings is 1. The predicted octanol–water partition coefficient (Wildman–Crippen LogP) is 5.15. The van der Waals surface area contributed by atoms with Crippen LogP contribution in [0.2, 0.25) is 5.02 Å². The fraction of sp³-hybridized carbons (Fsp3) is 0.524. The Morgan fingerprint density at radius 1 is 1.38 bits per heavy atom. The number of carbonyl (C=O) groups excluding carboxylic acids is 1. The van der Waals surface area contributed by atoms with Crippen LogP contribution in [0.3, 0.4) is 0 Å². The van der Waals surface area contributed by atoms with Crippen LogP contribution in [0.5, 0.6) is 5.75 Å². The van der Waals surface area contributed by atoms with Gasteiger partial charge in [-0.25, -0.2) is 18.2 Å². The Morgan fingerprint density at radius 2 is 2.12 bits per heavy atom. The van der Waals surface area contributed by atoms with Crippen molar-refractivity contribution in [2.24, 2.45) is 0 Å². The molecule has 0 spiro atoms. The number of anilines is 1. The van der Waals surface area contributed by atoms with Crippen LogP contribution in [-0.2, 0) is 14.8 Å². The number of amides is 1. The van der Waals surface area contributed by atoms with Crippen molar-refractivity contribution in [2.75, 3.05) is 11.3 Å². The Kier molecular flexibility index (Phi) is 7.57. The van der Waals surface area contributed by atoms with Crippen molar-refractivity contribution < 1.29 is 22.7 Å². The Labute approximate surface area is 197 Å². The Morgan fingerprint density at radius 3 is 2.72 bits per heavy atom. The third kappa shape index (κ3) is 6.26. The monoisotopic (exact) mass is 501 g/mol. The van der Waals surface area contributed by atoms with Gasteiger partial charge in [-0.15, -0.1) is 11.3 Å². The van der Waals surface area contributed by atoms with E-state index in [-0.39, 0.29) is 34.0 Å². The molecule has 2 atom stereocenters. The first-order valence-electron chi connectivity index (χ1n) is 10.4. The first-order valence-corrected chi connectivity index (χ1v) is 13.2. The molecule has 1 fully saturated rings. The number of piperidine rings is 1. The van der Waals surface area contributed by atoms with Gasteiger partial charge < -0.3 is 14.4 Å². The Balaban J connectivity index is 1.66. The minimum Gasteiger partial charge on any atom is -0.489 e. The van der Waals surface area contributed by atoms with Gasteiger partial charge >= 0.3 is 6.09 Å². The Hall–Kier alpha value is -2.04. The second kappa shape index (κ2) is 9.84. The van der Waals surface area contributed by atoms with Crippen molar-refractivity contribution in [1.82, 2.24) is 9.88 Å². The molecule has 32 heavy (non-hydrogen) atoms. The molecule has 2 heterocycles. The number of ether oxygens (including phenoxy) is 2. The molecular weight excluding hydrogens is 474 g/mol. The van der Waals surface area contributed by atoms with Crippen molar-refractivity contribution in [2.45, 2.75) is 69.6 Å². The number of hydrogen-bond donors (Lipinski definition) is 1. The van der Waals surface area contributed by atoms with E-state index in [0.717, 1.165) is 6.42 Å². The van der Waals surface area contributed by atoms with E-state index in [9.17, 15) is 13.2 Å². The van der Waals surface area contributed by atoms with Gasteiger partial charge in [0.2, 0.25) is 0 Å². The zero-order valence-electron chi connectivity index (χ0n) is 18.5. The molecule has 0 aliphatic carbocycles. The highest BCUT2D eigenvalue weighted by Gasteiger charge is 2.34.